The van der Waals surface area contributed by atoms with Gasteiger partial charge in [-0.25, -0.2) is 4.79 Å². The molecule has 4 nitrogen and oxygen atoms in total. The molecular weight excluding hydrogens is 290 g/mol. The first-order chi connectivity index (χ1) is 11.1. The van der Waals surface area contributed by atoms with E-state index >= 15 is 0 Å². The number of aliphatic carboxylic acids is 1. The molecule has 2 N–H and O–H groups in total. The number of carbonyl (C=O) groups excluding carboxylic acids is 1. The fourth-order valence-corrected chi connectivity index (χ4v) is 3.01. The van der Waals surface area contributed by atoms with Gasteiger partial charge < -0.3 is 10.4 Å². The van der Waals surface area contributed by atoms with Gasteiger partial charge in [0.2, 0.25) is 5.91 Å². The summed E-state index contributed by atoms with van der Waals surface area (Å²) in [7, 11) is 0. The Morgan fingerprint density at radius 2 is 1.74 bits per heavy atom. The van der Waals surface area contributed by atoms with Crippen LogP contribution in [0.5, 0.6) is 0 Å². The highest BCUT2D eigenvalue weighted by molar-refractivity contribution is 5.88. The molecule has 1 aliphatic carbocycles. The van der Waals surface area contributed by atoms with Crippen molar-refractivity contribution in [2.45, 2.75) is 25.3 Å². The Morgan fingerprint density at radius 1 is 1.09 bits per heavy atom. The van der Waals surface area contributed by atoms with Gasteiger partial charge in [0.05, 0.1) is 0 Å². The summed E-state index contributed by atoms with van der Waals surface area (Å²) < 4.78 is 0. The minimum atomic E-state index is -1.04. The maximum absolute atomic E-state index is 12.4. The van der Waals surface area contributed by atoms with Crippen LogP contribution in [0.25, 0.3) is 0 Å². The number of hydrogen-bond donors (Lipinski definition) is 2. The monoisotopic (exact) mass is 309 g/mol. The van der Waals surface area contributed by atoms with Crippen molar-refractivity contribution in [2.24, 2.45) is 5.92 Å². The third-order valence-corrected chi connectivity index (χ3v) is 4.38. The van der Waals surface area contributed by atoms with Crippen LogP contribution in [0, 0.1) is 12.8 Å². The number of carbonyl (C=O) groups is 2. The molecule has 2 aromatic carbocycles. The summed E-state index contributed by atoms with van der Waals surface area (Å²) in [4.78, 5) is 23.9. The lowest BCUT2D eigenvalue weighted by molar-refractivity contribution is -0.142. The number of rotatable bonds is 5. The van der Waals surface area contributed by atoms with Crippen LogP contribution in [-0.2, 0) is 9.59 Å². The van der Waals surface area contributed by atoms with Gasteiger partial charge in [-0.15, -0.1) is 0 Å². The molecule has 0 radical (unpaired) electrons. The molecule has 3 rings (SSSR count). The smallest absolute Gasteiger partial charge is 0.330 e. The third kappa shape index (κ3) is 3.26. The summed E-state index contributed by atoms with van der Waals surface area (Å²) in [5, 5.41) is 12.1. The largest absolute Gasteiger partial charge is 0.479 e. The lowest BCUT2D eigenvalue weighted by atomic mass is 10.0. The van der Waals surface area contributed by atoms with Gasteiger partial charge in [0.1, 0.15) is 0 Å². The van der Waals surface area contributed by atoms with Gasteiger partial charge in [-0.1, -0.05) is 54.6 Å². The van der Waals surface area contributed by atoms with E-state index in [0.29, 0.717) is 5.56 Å². The third-order valence-electron chi connectivity index (χ3n) is 4.38. The van der Waals surface area contributed by atoms with Crippen molar-refractivity contribution in [3.05, 3.63) is 71.3 Å². The molecule has 1 aliphatic rings. The average Bonchev–Trinajstić information content (AvgIpc) is 3.34. The Hall–Kier alpha value is -2.62. The van der Waals surface area contributed by atoms with E-state index in [0.717, 1.165) is 6.42 Å². The first-order valence-electron chi connectivity index (χ1n) is 7.71. The Kier molecular flexibility index (Phi) is 4.15. The molecule has 1 saturated carbocycles. The van der Waals surface area contributed by atoms with Crippen molar-refractivity contribution in [1.29, 1.82) is 0 Å². The predicted octanol–water partition coefficient (Wildman–Crippen LogP) is 3.04. The molecule has 23 heavy (non-hydrogen) atoms. The molecule has 118 valence electrons. The van der Waals surface area contributed by atoms with Crippen molar-refractivity contribution >= 4 is 11.9 Å². The fourth-order valence-electron chi connectivity index (χ4n) is 3.01. The van der Waals surface area contributed by atoms with Crippen LogP contribution >= 0.6 is 0 Å². The Bertz CT molecular complexity index is 726. The highest BCUT2D eigenvalue weighted by Gasteiger charge is 2.45. The molecule has 2 aromatic rings. The van der Waals surface area contributed by atoms with Crippen LogP contribution in [0.3, 0.4) is 0 Å². The van der Waals surface area contributed by atoms with E-state index in [-0.39, 0.29) is 17.7 Å². The average molecular weight is 309 g/mol. The van der Waals surface area contributed by atoms with Gasteiger partial charge in [-0.3, -0.25) is 4.79 Å². The molecule has 1 fully saturated rings. The van der Waals surface area contributed by atoms with Crippen molar-refractivity contribution in [3.8, 4) is 0 Å². The Labute approximate surface area is 135 Å². The highest BCUT2D eigenvalue weighted by atomic mass is 16.4. The minimum Gasteiger partial charge on any atom is -0.479 e. The van der Waals surface area contributed by atoms with Crippen LogP contribution in [-0.4, -0.2) is 17.0 Å². The zero-order chi connectivity index (χ0) is 16.4. The molecule has 3 atom stereocenters. The fraction of sp³-hybridized carbons (Fsp3) is 0.263. The number of aryl methyl sites for hydroxylation is 1. The molecule has 0 heterocycles. The number of hydrogen-bond acceptors (Lipinski definition) is 2. The van der Waals surface area contributed by atoms with Gasteiger partial charge in [-0.2, -0.15) is 0 Å². The topological polar surface area (TPSA) is 66.4 Å². The SMILES string of the molecule is Cc1ccccc1C1CC1C(=O)N[C@@H](C(=O)O)c1ccccc1. The molecule has 0 spiro atoms. The van der Waals surface area contributed by atoms with Crippen molar-refractivity contribution in [3.63, 3.8) is 0 Å². The standard InChI is InChI=1S/C19H19NO3/c1-12-7-5-6-10-14(12)15-11-16(15)18(21)20-17(19(22)23)13-8-3-2-4-9-13/h2-10,15-17H,11H2,1H3,(H,20,21)(H,22,23)/t15?,16?,17-/m1/s1. The van der Waals surface area contributed by atoms with Gasteiger partial charge in [0, 0.05) is 5.92 Å². The summed E-state index contributed by atoms with van der Waals surface area (Å²) >= 11 is 0. The van der Waals surface area contributed by atoms with E-state index in [2.05, 4.69) is 5.32 Å². The molecule has 2 unspecified atom stereocenters. The van der Waals surface area contributed by atoms with Crippen LogP contribution in [0.4, 0.5) is 0 Å². The van der Waals surface area contributed by atoms with Crippen LogP contribution < -0.4 is 5.32 Å². The van der Waals surface area contributed by atoms with Crippen LogP contribution in [0.2, 0.25) is 0 Å². The summed E-state index contributed by atoms with van der Waals surface area (Å²) in [6.07, 6.45) is 0.776. The number of carboxylic acids is 1. The van der Waals surface area contributed by atoms with Crippen LogP contribution in [0.1, 0.15) is 35.1 Å². The van der Waals surface area contributed by atoms with Gasteiger partial charge >= 0.3 is 5.97 Å². The summed E-state index contributed by atoms with van der Waals surface area (Å²) in [5.41, 5.74) is 2.94. The van der Waals surface area contributed by atoms with Crippen molar-refractivity contribution in [2.75, 3.05) is 0 Å². The highest BCUT2D eigenvalue weighted by Crippen LogP contribution is 2.48. The normalized spacial score (nSPS) is 20.6. The minimum absolute atomic E-state index is 0.137. The van der Waals surface area contributed by atoms with Gasteiger partial charge in [0.25, 0.3) is 0 Å². The van der Waals surface area contributed by atoms with E-state index in [9.17, 15) is 14.7 Å². The van der Waals surface area contributed by atoms with Gasteiger partial charge in [-0.05, 0) is 36.0 Å². The van der Waals surface area contributed by atoms with Crippen molar-refractivity contribution in [1.82, 2.24) is 5.32 Å². The number of benzene rings is 2. The molecule has 0 aromatic heterocycles. The maximum atomic E-state index is 12.4. The second kappa shape index (κ2) is 6.24. The van der Waals surface area contributed by atoms with E-state index < -0.39 is 12.0 Å². The summed E-state index contributed by atoms with van der Waals surface area (Å²) in [6, 6.07) is 15.8. The summed E-state index contributed by atoms with van der Waals surface area (Å²) in [6.45, 7) is 2.03. The van der Waals surface area contributed by atoms with Gasteiger partial charge in [0.15, 0.2) is 6.04 Å². The van der Waals surface area contributed by atoms with Crippen LogP contribution in [0.15, 0.2) is 54.6 Å². The van der Waals surface area contributed by atoms with E-state index in [1.807, 2.05) is 37.3 Å². The number of carboxylic acid groups (broad SMARTS) is 1. The Balaban J connectivity index is 1.70. The molecule has 0 bridgehead atoms. The first-order valence-corrected chi connectivity index (χ1v) is 7.71. The number of amides is 1. The molecular formula is C19H19NO3. The first kappa shape index (κ1) is 15.3. The number of nitrogens with one attached hydrogen (secondary N) is 1. The Morgan fingerprint density at radius 3 is 2.39 bits per heavy atom. The second-order valence-corrected chi connectivity index (χ2v) is 6.00. The quantitative estimate of drug-likeness (QED) is 0.892. The lowest BCUT2D eigenvalue weighted by Gasteiger charge is -2.15. The lowest BCUT2D eigenvalue weighted by Crippen LogP contribution is -2.35. The predicted molar refractivity (Wildman–Crippen MR) is 87.0 cm³/mol. The van der Waals surface area contributed by atoms with E-state index in [4.69, 9.17) is 0 Å². The van der Waals surface area contributed by atoms with Crippen molar-refractivity contribution < 1.29 is 14.7 Å². The molecule has 1 amide bonds. The van der Waals surface area contributed by atoms with E-state index in [1.165, 1.54) is 11.1 Å². The van der Waals surface area contributed by atoms with E-state index in [1.54, 1.807) is 24.3 Å². The summed E-state index contributed by atoms with van der Waals surface area (Å²) in [5.74, 6) is -1.17. The zero-order valence-electron chi connectivity index (χ0n) is 12.9. The molecule has 4 heteroatoms. The second-order valence-electron chi connectivity index (χ2n) is 6.00. The zero-order valence-corrected chi connectivity index (χ0v) is 12.9. The maximum Gasteiger partial charge on any atom is 0.330 e. The molecule has 0 saturated heterocycles. The molecule has 0 aliphatic heterocycles.